The summed E-state index contributed by atoms with van der Waals surface area (Å²) in [6.45, 7) is 0. The number of oxazole rings is 1. The third-order valence-electron chi connectivity index (χ3n) is 10.5. The zero-order valence-electron chi connectivity index (χ0n) is 29.0. The molecule has 0 bridgehead atoms. The van der Waals surface area contributed by atoms with E-state index in [0.29, 0.717) is 45.6 Å². The van der Waals surface area contributed by atoms with Crippen LogP contribution in [0.2, 0.25) is 0 Å². The van der Waals surface area contributed by atoms with Crippen molar-refractivity contribution in [3.05, 3.63) is 158 Å². The van der Waals surface area contributed by atoms with Crippen molar-refractivity contribution in [2.24, 2.45) is 0 Å². The predicted molar refractivity (Wildman–Crippen MR) is 224 cm³/mol. The number of hydrogen-bond acceptors (Lipinski definition) is 7. The third-order valence-corrected chi connectivity index (χ3v) is 11.7. The summed E-state index contributed by atoms with van der Waals surface area (Å²) in [5, 5.41) is 8.76. The zero-order valence-corrected chi connectivity index (χ0v) is 29.8. The highest BCUT2D eigenvalue weighted by Gasteiger charge is 2.24. The van der Waals surface area contributed by atoms with E-state index in [4.69, 9.17) is 28.8 Å². The topological polar surface area (TPSA) is 77.8 Å². The number of hydrogen-bond donors (Lipinski definition) is 0. The van der Waals surface area contributed by atoms with Crippen molar-refractivity contribution in [3.63, 3.8) is 0 Å². The molecule has 0 unspecified atom stereocenters. The average molecular weight is 723 g/mol. The zero-order chi connectivity index (χ0) is 36.0. The molecule has 55 heavy (non-hydrogen) atoms. The van der Waals surface area contributed by atoms with Gasteiger partial charge in [0.25, 0.3) is 0 Å². The molecule has 256 valence electrons. The quantitative estimate of drug-likeness (QED) is 0.168. The first kappa shape index (κ1) is 30.3. The minimum atomic E-state index is 0.489. The van der Waals surface area contributed by atoms with Crippen molar-refractivity contribution in [1.82, 2.24) is 19.9 Å². The van der Waals surface area contributed by atoms with Crippen LogP contribution in [0.5, 0.6) is 0 Å². The van der Waals surface area contributed by atoms with Gasteiger partial charge in [-0.2, -0.15) is 0 Å². The van der Waals surface area contributed by atoms with Crippen LogP contribution >= 0.6 is 11.3 Å². The van der Waals surface area contributed by atoms with E-state index in [1.165, 1.54) is 25.6 Å². The Bertz CT molecular complexity index is 3510. The highest BCUT2D eigenvalue weighted by molar-refractivity contribution is 7.25. The number of thiophene rings is 1. The smallest absolute Gasteiger partial charge is 0.227 e. The predicted octanol–water partition coefficient (Wildman–Crippen LogP) is 13.3. The van der Waals surface area contributed by atoms with E-state index in [0.717, 1.165) is 49.2 Å². The molecule has 0 aliphatic carbocycles. The van der Waals surface area contributed by atoms with Gasteiger partial charge in [-0.3, -0.25) is 0 Å². The second-order valence-corrected chi connectivity index (χ2v) is 14.8. The molecule has 6 nitrogen and oxygen atoms in total. The van der Waals surface area contributed by atoms with Gasteiger partial charge in [0.05, 0.1) is 10.9 Å². The maximum atomic E-state index is 6.70. The summed E-state index contributed by atoms with van der Waals surface area (Å²) in [6.07, 6.45) is 0. The molecule has 4 heterocycles. The van der Waals surface area contributed by atoms with Crippen molar-refractivity contribution in [2.75, 3.05) is 0 Å². The van der Waals surface area contributed by atoms with Crippen molar-refractivity contribution in [2.45, 2.75) is 0 Å². The van der Waals surface area contributed by atoms with E-state index in [-0.39, 0.29) is 0 Å². The van der Waals surface area contributed by atoms with Crippen LogP contribution in [0.1, 0.15) is 0 Å². The Morgan fingerprint density at radius 3 is 1.95 bits per heavy atom. The summed E-state index contributed by atoms with van der Waals surface area (Å²) in [7, 11) is 0. The van der Waals surface area contributed by atoms with Gasteiger partial charge in [0, 0.05) is 42.2 Å². The lowest BCUT2D eigenvalue weighted by atomic mass is 9.97. The molecule has 4 aromatic heterocycles. The van der Waals surface area contributed by atoms with Crippen LogP contribution in [0.3, 0.4) is 0 Å². The van der Waals surface area contributed by atoms with E-state index in [2.05, 4.69) is 103 Å². The summed E-state index contributed by atoms with van der Waals surface area (Å²) in [5.74, 6) is 2.18. The molecule has 0 radical (unpaired) electrons. The molecule has 0 atom stereocenters. The SMILES string of the molecule is c1ccc(-c2nc(-c3cc4ccccc4c4ccccc34)nc(-c3cc4nc(-c5ccc6c(c5)sc5ccccc56)oc4c4c3oc3ccccc34)n2)cc1. The Morgan fingerprint density at radius 1 is 0.400 bits per heavy atom. The Morgan fingerprint density at radius 2 is 1.07 bits per heavy atom. The maximum Gasteiger partial charge on any atom is 0.227 e. The molecular formula is C48H26N4O2S. The van der Waals surface area contributed by atoms with Crippen molar-refractivity contribution >= 4 is 86.1 Å². The van der Waals surface area contributed by atoms with Crippen molar-refractivity contribution in [3.8, 4) is 45.6 Å². The molecule has 7 heteroatoms. The molecule has 12 aromatic rings. The van der Waals surface area contributed by atoms with Crippen LogP contribution in [0.25, 0.3) is 120 Å². The molecule has 0 N–H and O–H groups in total. The number of nitrogens with zero attached hydrogens (tertiary/aromatic N) is 4. The molecule has 0 saturated heterocycles. The Balaban J connectivity index is 1.13. The standard InChI is InChI=1S/C48H26N4O2S/c1-2-12-27(13-3-1)45-50-46(36-24-28-14-4-5-15-30(28)31-16-6-7-17-32(31)36)52-47(51-45)37-26-38-44(42-35-19-8-10-20-39(35)53-43(37)42)54-48(49-38)29-22-23-34-33-18-9-11-21-40(33)55-41(34)25-29/h1-26H. The Kier molecular flexibility index (Phi) is 6.40. The summed E-state index contributed by atoms with van der Waals surface area (Å²) in [6, 6.07) is 54.1. The molecule has 0 aliphatic heterocycles. The van der Waals surface area contributed by atoms with E-state index >= 15 is 0 Å². The third kappa shape index (κ3) is 4.67. The normalized spacial score (nSPS) is 12.0. The van der Waals surface area contributed by atoms with Crippen molar-refractivity contribution < 1.29 is 8.83 Å². The van der Waals surface area contributed by atoms with Crippen LogP contribution in [-0.2, 0) is 0 Å². The molecule has 0 saturated carbocycles. The average Bonchev–Trinajstić information content (AvgIpc) is 3.96. The highest BCUT2D eigenvalue weighted by Crippen LogP contribution is 2.43. The fourth-order valence-corrected chi connectivity index (χ4v) is 9.14. The monoisotopic (exact) mass is 722 g/mol. The van der Waals surface area contributed by atoms with Crippen molar-refractivity contribution in [1.29, 1.82) is 0 Å². The molecule has 0 amide bonds. The summed E-state index contributed by atoms with van der Waals surface area (Å²) in [5.41, 5.74) is 6.18. The first-order chi connectivity index (χ1) is 27.2. The van der Waals surface area contributed by atoms with E-state index in [9.17, 15) is 0 Å². The van der Waals surface area contributed by atoms with Crippen LogP contribution in [0.15, 0.2) is 167 Å². The van der Waals surface area contributed by atoms with Gasteiger partial charge in [0.2, 0.25) is 5.89 Å². The van der Waals surface area contributed by atoms with Crippen LogP contribution in [0.4, 0.5) is 0 Å². The molecule has 8 aromatic carbocycles. The first-order valence-corrected chi connectivity index (χ1v) is 18.9. The number of benzene rings is 8. The van der Waals surface area contributed by atoms with Crippen LogP contribution < -0.4 is 0 Å². The fraction of sp³-hybridized carbons (Fsp3) is 0. The number of aromatic nitrogens is 4. The lowest BCUT2D eigenvalue weighted by Gasteiger charge is -2.12. The Hall–Kier alpha value is -7.22. The molecular weight excluding hydrogens is 697 g/mol. The number of fused-ring (bicyclic) bond motifs is 11. The number of furan rings is 1. The number of rotatable bonds is 4. The second kappa shape index (κ2) is 11.6. The van der Waals surface area contributed by atoms with Gasteiger partial charge in [-0.25, -0.2) is 19.9 Å². The largest absolute Gasteiger partial charge is 0.455 e. The Labute approximate surface area is 317 Å². The summed E-state index contributed by atoms with van der Waals surface area (Å²) < 4.78 is 15.8. The van der Waals surface area contributed by atoms with Crippen LogP contribution in [-0.4, -0.2) is 19.9 Å². The van der Waals surface area contributed by atoms with Crippen LogP contribution in [0, 0.1) is 0 Å². The van der Waals surface area contributed by atoms with E-state index in [1.807, 2.05) is 54.6 Å². The van der Waals surface area contributed by atoms with Gasteiger partial charge in [0.15, 0.2) is 23.1 Å². The molecule has 12 rings (SSSR count). The maximum absolute atomic E-state index is 6.70. The molecule has 0 fully saturated rings. The highest BCUT2D eigenvalue weighted by atomic mass is 32.1. The van der Waals surface area contributed by atoms with Gasteiger partial charge in [-0.05, 0) is 57.9 Å². The minimum absolute atomic E-state index is 0.489. The van der Waals surface area contributed by atoms with E-state index < -0.39 is 0 Å². The summed E-state index contributed by atoms with van der Waals surface area (Å²) >= 11 is 1.78. The van der Waals surface area contributed by atoms with Gasteiger partial charge < -0.3 is 8.83 Å². The van der Waals surface area contributed by atoms with Gasteiger partial charge in [0.1, 0.15) is 16.7 Å². The lowest BCUT2D eigenvalue weighted by Crippen LogP contribution is -2.01. The lowest BCUT2D eigenvalue weighted by molar-refractivity contribution is 0.622. The fourth-order valence-electron chi connectivity index (χ4n) is 7.99. The number of para-hydroxylation sites is 1. The molecule has 0 spiro atoms. The van der Waals surface area contributed by atoms with E-state index in [1.54, 1.807) is 11.3 Å². The van der Waals surface area contributed by atoms with Gasteiger partial charge >= 0.3 is 0 Å². The van der Waals surface area contributed by atoms with Gasteiger partial charge in [-0.15, -0.1) is 11.3 Å². The summed E-state index contributed by atoms with van der Waals surface area (Å²) in [4.78, 5) is 20.7. The first-order valence-electron chi connectivity index (χ1n) is 18.1. The minimum Gasteiger partial charge on any atom is -0.455 e. The second-order valence-electron chi connectivity index (χ2n) is 13.8. The van der Waals surface area contributed by atoms with Gasteiger partial charge in [-0.1, -0.05) is 121 Å². The molecule has 0 aliphatic rings.